The maximum atomic E-state index is 11.8. The fourth-order valence-corrected chi connectivity index (χ4v) is 2.25. The Morgan fingerprint density at radius 2 is 2.17 bits per heavy atom. The van der Waals surface area contributed by atoms with Gasteiger partial charge in [0.15, 0.2) is 0 Å². The van der Waals surface area contributed by atoms with Crippen LogP contribution in [0.3, 0.4) is 0 Å². The molecule has 0 saturated heterocycles. The van der Waals surface area contributed by atoms with Crippen LogP contribution in [0.25, 0.3) is 0 Å². The van der Waals surface area contributed by atoms with Crippen molar-refractivity contribution < 1.29 is 14.7 Å². The first-order chi connectivity index (χ1) is 8.58. The second-order valence-corrected chi connectivity index (χ2v) is 4.71. The Balaban J connectivity index is 2.25. The SMILES string of the molecule is Cc1cc(C(=O)O)c(NC(=O)c2cnccn2)s1. The van der Waals surface area contributed by atoms with Gasteiger partial charge in [-0.1, -0.05) is 0 Å². The number of carboxylic acids is 1. The molecule has 0 saturated carbocycles. The van der Waals surface area contributed by atoms with E-state index in [1.807, 2.05) is 0 Å². The lowest BCUT2D eigenvalue weighted by Gasteiger charge is -2.02. The van der Waals surface area contributed by atoms with Crippen LogP contribution in [0.2, 0.25) is 0 Å². The van der Waals surface area contributed by atoms with Crippen LogP contribution in [-0.2, 0) is 0 Å². The minimum absolute atomic E-state index is 0.0785. The summed E-state index contributed by atoms with van der Waals surface area (Å²) in [6.45, 7) is 1.77. The number of nitrogens with zero attached hydrogens (tertiary/aromatic N) is 2. The summed E-state index contributed by atoms with van der Waals surface area (Å²) in [7, 11) is 0. The smallest absolute Gasteiger partial charge is 0.338 e. The minimum Gasteiger partial charge on any atom is -0.478 e. The third-order valence-corrected chi connectivity index (χ3v) is 3.07. The monoisotopic (exact) mass is 263 g/mol. The molecular formula is C11H9N3O3S. The van der Waals surface area contributed by atoms with E-state index in [0.717, 1.165) is 4.88 Å². The lowest BCUT2D eigenvalue weighted by atomic mass is 10.3. The van der Waals surface area contributed by atoms with Crippen molar-refractivity contribution in [3.63, 3.8) is 0 Å². The number of amides is 1. The van der Waals surface area contributed by atoms with Gasteiger partial charge in [-0.25, -0.2) is 9.78 Å². The Kier molecular flexibility index (Phi) is 3.33. The van der Waals surface area contributed by atoms with Crippen molar-refractivity contribution in [2.45, 2.75) is 6.92 Å². The summed E-state index contributed by atoms with van der Waals surface area (Å²) < 4.78 is 0. The quantitative estimate of drug-likeness (QED) is 0.880. The van der Waals surface area contributed by atoms with Crippen molar-refractivity contribution in [3.05, 3.63) is 40.8 Å². The van der Waals surface area contributed by atoms with Crippen LogP contribution in [0.1, 0.15) is 25.7 Å². The summed E-state index contributed by atoms with van der Waals surface area (Å²) >= 11 is 1.20. The highest BCUT2D eigenvalue weighted by molar-refractivity contribution is 7.16. The summed E-state index contributed by atoms with van der Waals surface area (Å²) in [4.78, 5) is 31.2. The minimum atomic E-state index is -1.08. The molecule has 18 heavy (non-hydrogen) atoms. The highest BCUT2D eigenvalue weighted by Crippen LogP contribution is 2.27. The van der Waals surface area contributed by atoms with Crippen LogP contribution < -0.4 is 5.32 Å². The molecule has 1 amide bonds. The molecule has 0 fully saturated rings. The van der Waals surface area contributed by atoms with Crippen molar-refractivity contribution in [1.82, 2.24) is 9.97 Å². The number of carbonyl (C=O) groups excluding carboxylic acids is 1. The van der Waals surface area contributed by atoms with Gasteiger partial charge in [0.1, 0.15) is 10.7 Å². The number of aromatic carboxylic acids is 1. The van der Waals surface area contributed by atoms with Crippen molar-refractivity contribution in [1.29, 1.82) is 0 Å². The number of hydrogen-bond donors (Lipinski definition) is 2. The summed E-state index contributed by atoms with van der Waals surface area (Å²) in [6.07, 6.45) is 4.16. The maximum Gasteiger partial charge on any atom is 0.338 e. The largest absolute Gasteiger partial charge is 0.478 e. The van der Waals surface area contributed by atoms with E-state index in [1.54, 1.807) is 6.92 Å². The Bertz CT molecular complexity index is 595. The van der Waals surface area contributed by atoms with Gasteiger partial charge in [-0.3, -0.25) is 9.78 Å². The van der Waals surface area contributed by atoms with Gasteiger partial charge in [0, 0.05) is 17.3 Å². The molecule has 0 aliphatic carbocycles. The van der Waals surface area contributed by atoms with Gasteiger partial charge in [-0.05, 0) is 13.0 Å². The number of thiophene rings is 1. The summed E-state index contributed by atoms with van der Waals surface area (Å²) in [5.74, 6) is -1.55. The highest BCUT2D eigenvalue weighted by Gasteiger charge is 2.17. The van der Waals surface area contributed by atoms with Gasteiger partial charge in [-0.15, -0.1) is 11.3 Å². The summed E-state index contributed by atoms with van der Waals surface area (Å²) in [5.41, 5.74) is 0.217. The molecule has 0 aromatic carbocycles. The third kappa shape index (κ3) is 2.51. The molecule has 0 aliphatic heterocycles. The van der Waals surface area contributed by atoms with E-state index in [0.29, 0.717) is 5.00 Å². The zero-order chi connectivity index (χ0) is 13.1. The normalized spacial score (nSPS) is 10.1. The molecule has 0 aliphatic rings. The molecule has 2 heterocycles. The number of aromatic nitrogens is 2. The molecular weight excluding hydrogens is 254 g/mol. The van der Waals surface area contributed by atoms with Gasteiger partial charge in [0.2, 0.25) is 0 Å². The molecule has 92 valence electrons. The first kappa shape index (κ1) is 12.2. The molecule has 0 bridgehead atoms. The average Bonchev–Trinajstić information content (AvgIpc) is 2.71. The molecule has 0 radical (unpaired) electrons. The average molecular weight is 263 g/mol. The lowest BCUT2D eigenvalue weighted by molar-refractivity contribution is 0.0698. The van der Waals surface area contributed by atoms with E-state index < -0.39 is 11.9 Å². The second-order valence-electron chi connectivity index (χ2n) is 3.45. The third-order valence-electron chi connectivity index (χ3n) is 2.11. The molecule has 2 N–H and O–H groups in total. The van der Waals surface area contributed by atoms with E-state index in [-0.39, 0.29) is 11.3 Å². The second kappa shape index (κ2) is 4.92. The molecule has 0 unspecified atom stereocenters. The van der Waals surface area contributed by atoms with E-state index >= 15 is 0 Å². The molecule has 2 aromatic rings. The van der Waals surface area contributed by atoms with Crippen LogP contribution in [0.4, 0.5) is 5.00 Å². The number of nitrogens with one attached hydrogen (secondary N) is 1. The van der Waals surface area contributed by atoms with Crippen molar-refractivity contribution in [2.24, 2.45) is 0 Å². The zero-order valence-electron chi connectivity index (χ0n) is 9.38. The number of carbonyl (C=O) groups is 2. The van der Waals surface area contributed by atoms with E-state index in [9.17, 15) is 9.59 Å². The van der Waals surface area contributed by atoms with E-state index in [4.69, 9.17) is 5.11 Å². The van der Waals surface area contributed by atoms with Crippen molar-refractivity contribution in [3.8, 4) is 0 Å². The molecule has 0 atom stereocenters. The van der Waals surface area contributed by atoms with Crippen LogP contribution in [-0.4, -0.2) is 27.0 Å². The highest BCUT2D eigenvalue weighted by atomic mass is 32.1. The molecule has 6 nitrogen and oxygen atoms in total. The van der Waals surface area contributed by atoms with Gasteiger partial charge < -0.3 is 10.4 Å². The number of anilines is 1. The van der Waals surface area contributed by atoms with Crippen LogP contribution in [0.15, 0.2) is 24.7 Å². The first-order valence-corrected chi connectivity index (χ1v) is 5.80. The zero-order valence-corrected chi connectivity index (χ0v) is 10.2. The van der Waals surface area contributed by atoms with Crippen molar-refractivity contribution >= 4 is 28.2 Å². The molecule has 0 spiro atoms. The predicted molar refractivity (Wildman–Crippen MR) is 66.0 cm³/mol. The lowest BCUT2D eigenvalue weighted by Crippen LogP contribution is -2.14. The Hall–Kier alpha value is -2.28. The number of rotatable bonds is 3. The Morgan fingerprint density at radius 1 is 1.39 bits per heavy atom. The first-order valence-electron chi connectivity index (χ1n) is 4.99. The summed E-state index contributed by atoms with van der Waals surface area (Å²) in [6, 6.07) is 1.51. The van der Waals surface area contributed by atoms with Crippen LogP contribution >= 0.6 is 11.3 Å². The van der Waals surface area contributed by atoms with Gasteiger partial charge in [0.05, 0.1) is 11.8 Å². The van der Waals surface area contributed by atoms with E-state index in [2.05, 4.69) is 15.3 Å². The number of aryl methyl sites for hydroxylation is 1. The van der Waals surface area contributed by atoms with Crippen molar-refractivity contribution in [2.75, 3.05) is 5.32 Å². The summed E-state index contributed by atoms with van der Waals surface area (Å²) in [5, 5.41) is 11.8. The Morgan fingerprint density at radius 3 is 2.78 bits per heavy atom. The fraction of sp³-hybridized carbons (Fsp3) is 0.0909. The van der Waals surface area contributed by atoms with Gasteiger partial charge >= 0.3 is 5.97 Å². The topological polar surface area (TPSA) is 92.2 Å². The van der Waals surface area contributed by atoms with Gasteiger partial charge in [0.25, 0.3) is 5.91 Å². The van der Waals surface area contributed by atoms with Crippen LogP contribution in [0, 0.1) is 6.92 Å². The number of hydrogen-bond acceptors (Lipinski definition) is 5. The van der Waals surface area contributed by atoms with E-state index in [1.165, 1.54) is 36.0 Å². The molecule has 7 heteroatoms. The standard InChI is InChI=1S/C11H9N3O3S/c1-6-4-7(11(16)17)10(18-6)14-9(15)8-5-12-2-3-13-8/h2-5H,1H3,(H,14,15)(H,16,17). The van der Waals surface area contributed by atoms with Crippen LogP contribution in [0.5, 0.6) is 0 Å². The molecule has 2 rings (SSSR count). The van der Waals surface area contributed by atoms with Gasteiger partial charge in [-0.2, -0.15) is 0 Å². The maximum absolute atomic E-state index is 11.8. The number of carboxylic acid groups (broad SMARTS) is 1. The Labute approximate surface area is 106 Å². The predicted octanol–water partition coefficient (Wildman–Crippen LogP) is 1.80. The molecule has 2 aromatic heterocycles. The fourth-order valence-electron chi connectivity index (χ4n) is 1.35.